The minimum absolute atomic E-state index is 0.0321. The van der Waals surface area contributed by atoms with Crippen LogP contribution in [0.4, 0.5) is 11.5 Å². The van der Waals surface area contributed by atoms with E-state index < -0.39 is 0 Å². The Morgan fingerprint density at radius 1 is 0.964 bits per heavy atom. The number of rotatable bonds is 3. The van der Waals surface area contributed by atoms with Gasteiger partial charge in [-0.2, -0.15) is 0 Å². The molecule has 148 valence electrons. The molecule has 6 nitrogen and oxygen atoms in total. The maximum atomic E-state index is 12.6. The first-order chi connectivity index (χ1) is 13.7. The molecular formula is C21H25ClN4O2. The first-order valence-corrected chi connectivity index (χ1v) is 10.2. The zero-order chi connectivity index (χ0) is 19.3. The Hall–Kier alpha value is -2.31. The molecule has 0 atom stereocenters. The molecule has 2 saturated heterocycles. The number of hydrogen-bond acceptors (Lipinski definition) is 5. The first-order valence-electron chi connectivity index (χ1n) is 9.80. The largest absolute Gasteiger partial charge is 0.378 e. The number of para-hydroxylation sites is 1. The van der Waals surface area contributed by atoms with Crippen molar-refractivity contribution in [2.45, 2.75) is 6.42 Å². The van der Waals surface area contributed by atoms with Gasteiger partial charge in [0.1, 0.15) is 5.82 Å². The Bertz CT molecular complexity index is 811. The summed E-state index contributed by atoms with van der Waals surface area (Å²) >= 11 is 6.54. The zero-order valence-corrected chi connectivity index (χ0v) is 16.6. The molecular weight excluding hydrogens is 376 g/mol. The van der Waals surface area contributed by atoms with Gasteiger partial charge in [0.25, 0.3) is 5.91 Å². The van der Waals surface area contributed by atoms with Crippen LogP contribution in [-0.2, 0) is 4.74 Å². The molecule has 3 heterocycles. The average Bonchev–Trinajstić information content (AvgIpc) is 3.00. The second-order valence-corrected chi connectivity index (χ2v) is 7.50. The van der Waals surface area contributed by atoms with Crippen molar-refractivity contribution in [3.63, 3.8) is 0 Å². The fourth-order valence-corrected chi connectivity index (χ4v) is 4.04. The van der Waals surface area contributed by atoms with Gasteiger partial charge in [-0.15, -0.1) is 0 Å². The first kappa shape index (κ1) is 19.0. The van der Waals surface area contributed by atoms with E-state index in [1.807, 2.05) is 6.07 Å². The molecule has 0 aliphatic carbocycles. The Morgan fingerprint density at radius 3 is 2.43 bits per heavy atom. The molecule has 0 spiro atoms. The summed E-state index contributed by atoms with van der Waals surface area (Å²) in [5, 5.41) is 0.535. The third kappa shape index (κ3) is 4.23. The van der Waals surface area contributed by atoms with Crippen molar-refractivity contribution in [3.8, 4) is 0 Å². The third-order valence-corrected chi connectivity index (χ3v) is 5.56. The molecule has 1 amide bonds. The summed E-state index contributed by atoms with van der Waals surface area (Å²) in [6.07, 6.45) is 2.68. The van der Waals surface area contributed by atoms with Crippen molar-refractivity contribution in [2.24, 2.45) is 0 Å². The fourth-order valence-electron chi connectivity index (χ4n) is 3.76. The predicted molar refractivity (Wildman–Crippen MR) is 111 cm³/mol. The lowest BCUT2D eigenvalue weighted by atomic mass is 10.2. The van der Waals surface area contributed by atoms with Gasteiger partial charge in [-0.05, 0) is 24.6 Å². The van der Waals surface area contributed by atoms with Crippen LogP contribution >= 0.6 is 11.6 Å². The standard InChI is InChI=1S/C21H25ClN4O2/c22-19-15-17(21(27)26-11-13-28-14-12-26)16-23-20(19)25-8-4-7-24(9-10-25)18-5-2-1-3-6-18/h1-3,5-6,15-16H,4,7-14H2. The van der Waals surface area contributed by atoms with Crippen molar-refractivity contribution in [2.75, 3.05) is 62.3 Å². The highest BCUT2D eigenvalue weighted by Gasteiger charge is 2.22. The van der Waals surface area contributed by atoms with E-state index in [4.69, 9.17) is 16.3 Å². The Morgan fingerprint density at radius 2 is 1.68 bits per heavy atom. The van der Waals surface area contributed by atoms with E-state index >= 15 is 0 Å². The highest BCUT2D eigenvalue weighted by atomic mass is 35.5. The lowest BCUT2D eigenvalue weighted by Crippen LogP contribution is -2.40. The van der Waals surface area contributed by atoms with Gasteiger partial charge in [0.15, 0.2) is 0 Å². The van der Waals surface area contributed by atoms with Gasteiger partial charge in [0, 0.05) is 51.2 Å². The second kappa shape index (κ2) is 8.80. The number of ether oxygens (including phenoxy) is 1. The minimum atomic E-state index is -0.0321. The Balaban J connectivity index is 1.45. The number of hydrogen-bond donors (Lipinski definition) is 0. The van der Waals surface area contributed by atoms with Gasteiger partial charge < -0.3 is 19.4 Å². The van der Waals surface area contributed by atoms with Crippen LogP contribution in [0.3, 0.4) is 0 Å². The maximum Gasteiger partial charge on any atom is 0.255 e. The number of nitrogens with zero attached hydrogens (tertiary/aromatic N) is 4. The van der Waals surface area contributed by atoms with Crippen molar-refractivity contribution in [1.82, 2.24) is 9.88 Å². The van der Waals surface area contributed by atoms with Gasteiger partial charge in [-0.25, -0.2) is 4.98 Å². The van der Waals surface area contributed by atoms with Gasteiger partial charge in [0.2, 0.25) is 0 Å². The summed E-state index contributed by atoms with van der Waals surface area (Å²) in [6, 6.07) is 12.2. The normalized spacial score (nSPS) is 18.1. The highest BCUT2D eigenvalue weighted by molar-refractivity contribution is 6.33. The molecule has 0 N–H and O–H groups in total. The van der Waals surface area contributed by atoms with Crippen molar-refractivity contribution in [3.05, 3.63) is 53.2 Å². The van der Waals surface area contributed by atoms with Gasteiger partial charge in [-0.3, -0.25) is 4.79 Å². The van der Waals surface area contributed by atoms with Crippen LogP contribution in [0.5, 0.6) is 0 Å². The molecule has 28 heavy (non-hydrogen) atoms. The summed E-state index contributed by atoms with van der Waals surface area (Å²) in [6.45, 7) is 6.04. The Labute approximate surface area is 170 Å². The number of carbonyl (C=O) groups excluding carboxylic acids is 1. The van der Waals surface area contributed by atoms with E-state index in [0.717, 1.165) is 38.4 Å². The van der Waals surface area contributed by atoms with Crippen molar-refractivity contribution < 1.29 is 9.53 Å². The van der Waals surface area contributed by atoms with Gasteiger partial charge in [0.05, 0.1) is 23.8 Å². The van der Waals surface area contributed by atoms with Crippen molar-refractivity contribution in [1.29, 1.82) is 0 Å². The molecule has 2 aromatic rings. The number of morpholine rings is 1. The summed E-state index contributed by atoms with van der Waals surface area (Å²) in [7, 11) is 0. The number of halogens is 1. The van der Waals surface area contributed by atoms with E-state index in [0.29, 0.717) is 36.9 Å². The molecule has 0 radical (unpaired) electrons. The van der Waals surface area contributed by atoms with Crippen LogP contribution in [-0.4, -0.2) is 68.3 Å². The molecule has 4 rings (SSSR count). The van der Waals surface area contributed by atoms with Crippen LogP contribution in [0, 0.1) is 0 Å². The predicted octanol–water partition coefficient (Wildman–Crippen LogP) is 2.92. The molecule has 2 fully saturated rings. The number of aromatic nitrogens is 1. The highest BCUT2D eigenvalue weighted by Crippen LogP contribution is 2.26. The smallest absolute Gasteiger partial charge is 0.255 e. The Kier molecular flexibility index (Phi) is 5.98. The van der Waals surface area contributed by atoms with Crippen molar-refractivity contribution >= 4 is 29.0 Å². The molecule has 0 unspecified atom stereocenters. The molecule has 1 aromatic heterocycles. The molecule has 7 heteroatoms. The molecule has 2 aliphatic heterocycles. The van der Waals surface area contributed by atoms with Crippen LogP contribution in [0.25, 0.3) is 0 Å². The van der Waals surface area contributed by atoms with E-state index in [-0.39, 0.29) is 5.91 Å². The number of carbonyl (C=O) groups is 1. The molecule has 0 bridgehead atoms. The molecule has 0 saturated carbocycles. The average molecular weight is 401 g/mol. The monoisotopic (exact) mass is 400 g/mol. The summed E-state index contributed by atoms with van der Waals surface area (Å²) in [4.78, 5) is 23.6. The van der Waals surface area contributed by atoms with Gasteiger partial charge >= 0.3 is 0 Å². The van der Waals surface area contributed by atoms with E-state index in [1.165, 1.54) is 5.69 Å². The topological polar surface area (TPSA) is 48.9 Å². The lowest BCUT2D eigenvalue weighted by molar-refractivity contribution is 0.0302. The fraction of sp³-hybridized carbons (Fsp3) is 0.429. The quantitative estimate of drug-likeness (QED) is 0.792. The number of pyridine rings is 1. The molecule has 1 aromatic carbocycles. The number of anilines is 2. The number of benzene rings is 1. The number of amides is 1. The van der Waals surface area contributed by atoms with Gasteiger partial charge in [-0.1, -0.05) is 29.8 Å². The molecule has 2 aliphatic rings. The third-order valence-electron chi connectivity index (χ3n) is 5.28. The maximum absolute atomic E-state index is 12.6. The van der Waals surface area contributed by atoms with E-state index in [1.54, 1.807) is 17.2 Å². The summed E-state index contributed by atoms with van der Waals surface area (Å²) < 4.78 is 5.31. The van der Waals surface area contributed by atoms with Crippen LogP contribution in [0.15, 0.2) is 42.6 Å². The summed E-state index contributed by atoms with van der Waals surface area (Å²) in [5.74, 6) is 0.727. The van der Waals surface area contributed by atoms with Crippen LogP contribution in [0.2, 0.25) is 5.02 Å². The van der Waals surface area contributed by atoms with E-state index in [9.17, 15) is 4.79 Å². The second-order valence-electron chi connectivity index (χ2n) is 7.10. The SMILES string of the molecule is O=C(c1cnc(N2CCCN(c3ccccc3)CC2)c(Cl)c1)N1CCOCC1. The van der Waals surface area contributed by atoms with Crippen LogP contribution < -0.4 is 9.80 Å². The summed E-state index contributed by atoms with van der Waals surface area (Å²) in [5.41, 5.74) is 1.78. The lowest BCUT2D eigenvalue weighted by Gasteiger charge is -2.27. The minimum Gasteiger partial charge on any atom is -0.378 e. The van der Waals surface area contributed by atoms with Crippen LogP contribution in [0.1, 0.15) is 16.8 Å². The van der Waals surface area contributed by atoms with E-state index in [2.05, 4.69) is 39.0 Å². The zero-order valence-electron chi connectivity index (χ0n) is 15.9.